The molecule has 0 aliphatic carbocycles. The normalized spacial score (nSPS) is 18.7. The molecule has 1 saturated heterocycles. The van der Waals surface area contributed by atoms with Crippen LogP contribution in [0.2, 0.25) is 0 Å². The summed E-state index contributed by atoms with van der Waals surface area (Å²) >= 11 is 0. The van der Waals surface area contributed by atoms with Crippen LogP contribution >= 0.6 is 0 Å². The Morgan fingerprint density at radius 1 is 1.13 bits per heavy atom. The van der Waals surface area contributed by atoms with E-state index in [1.165, 1.54) is 0 Å². The largest absolute Gasteiger partial charge is 0.445 e. The van der Waals surface area contributed by atoms with Gasteiger partial charge in [0.25, 0.3) is 0 Å². The zero-order valence-corrected chi connectivity index (χ0v) is 13.0. The molecule has 23 heavy (non-hydrogen) atoms. The van der Waals surface area contributed by atoms with E-state index in [1.54, 1.807) is 4.90 Å². The van der Waals surface area contributed by atoms with Crippen LogP contribution in [0, 0.1) is 0 Å². The Hall–Kier alpha value is -2.33. The molecule has 1 heterocycles. The maximum Gasteiger partial charge on any atom is 0.410 e. The molecule has 1 N–H and O–H groups in total. The van der Waals surface area contributed by atoms with Gasteiger partial charge in [-0.3, -0.25) is 0 Å². The van der Waals surface area contributed by atoms with Crippen LogP contribution in [0.5, 0.6) is 0 Å². The lowest BCUT2D eigenvalue weighted by atomic mass is 10.0. The summed E-state index contributed by atoms with van der Waals surface area (Å²) in [7, 11) is 0. The fraction of sp³-hybridized carbons (Fsp3) is 0.316. The van der Waals surface area contributed by atoms with Gasteiger partial charge in [0.05, 0.1) is 12.1 Å². The number of likely N-dealkylation sites (tertiary alicyclic amines) is 1. The third-order valence-corrected chi connectivity index (χ3v) is 4.24. The predicted octanol–water partition coefficient (Wildman–Crippen LogP) is 3.52. The number of benzene rings is 2. The second-order valence-corrected chi connectivity index (χ2v) is 5.80. The molecule has 120 valence electrons. The number of hydrogen-bond donors (Lipinski definition) is 1. The highest BCUT2D eigenvalue weighted by Crippen LogP contribution is 2.29. The molecule has 0 radical (unpaired) electrons. The highest BCUT2D eigenvalue weighted by Gasteiger charge is 2.35. The Morgan fingerprint density at radius 3 is 2.48 bits per heavy atom. The average molecular weight is 311 g/mol. The lowest BCUT2D eigenvalue weighted by Crippen LogP contribution is -2.39. The number of aliphatic hydroxyl groups is 1. The SMILES string of the molecule is O=C(OCc1ccccc1)N1CCC[C@@H]1[C@@H](O)c1ccccc1. The van der Waals surface area contributed by atoms with Crippen LogP contribution in [-0.4, -0.2) is 28.7 Å². The summed E-state index contributed by atoms with van der Waals surface area (Å²) in [4.78, 5) is 14.0. The van der Waals surface area contributed by atoms with Crippen molar-refractivity contribution in [3.63, 3.8) is 0 Å². The molecule has 2 atom stereocenters. The van der Waals surface area contributed by atoms with Crippen molar-refractivity contribution >= 4 is 6.09 Å². The van der Waals surface area contributed by atoms with Gasteiger partial charge in [0.2, 0.25) is 0 Å². The van der Waals surface area contributed by atoms with Gasteiger partial charge in [0, 0.05) is 6.54 Å². The quantitative estimate of drug-likeness (QED) is 0.940. The van der Waals surface area contributed by atoms with Crippen LogP contribution < -0.4 is 0 Å². The number of aliphatic hydroxyl groups excluding tert-OH is 1. The Kier molecular flexibility index (Phi) is 4.93. The third-order valence-electron chi connectivity index (χ3n) is 4.24. The van der Waals surface area contributed by atoms with E-state index in [-0.39, 0.29) is 18.7 Å². The van der Waals surface area contributed by atoms with Crippen molar-refractivity contribution < 1.29 is 14.6 Å². The van der Waals surface area contributed by atoms with Crippen molar-refractivity contribution in [1.29, 1.82) is 0 Å². The Morgan fingerprint density at radius 2 is 1.78 bits per heavy atom. The van der Waals surface area contributed by atoms with Crippen molar-refractivity contribution in [2.24, 2.45) is 0 Å². The molecule has 4 nitrogen and oxygen atoms in total. The highest BCUT2D eigenvalue weighted by molar-refractivity contribution is 5.68. The first-order valence-electron chi connectivity index (χ1n) is 7.96. The summed E-state index contributed by atoms with van der Waals surface area (Å²) in [6, 6.07) is 18.9. The predicted molar refractivity (Wildman–Crippen MR) is 87.8 cm³/mol. The average Bonchev–Trinajstić information content (AvgIpc) is 3.10. The number of carbonyl (C=O) groups is 1. The molecule has 1 aliphatic heterocycles. The van der Waals surface area contributed by atoms with E-state index < -0.39 is 6.10 Å². The maximum atomic E-state index is 12.4. The van der Waals surface area contributed by atoms with Gasteiger partial charge in [0.15, 0.2) is 0 Å². The Labute approximate surface area is 136 Å². The Bertz CT molecular complexity index is 630. The number of ether oxygens (including phenoxy) is 1. The molecule has 0 aromatic heterocycles. The van der Waals surface area contributed by atoms with Gasteiger partial charge in [-0.1, -0.05) is 60.7 Å². The summed E-state index contributed by atoms with van der Waals surface area (Å²) in [5, 5.41) is 10.6. The molecule has 2 aromatic carbocycles. The van der Waals surface area contributed by atoms with E-state index in [0.717, 1.165) is 24.0 Å². The van der Waals surface area contributed by atoms with E-state index in [0.29, 0.717) is 6.54 Å². The van der Waals surface area contributed by atoms with Crippen LogP contribution in [0.15, 0.2) is 60.7 Å². The molecule has 0 saturated carbocycles. The molecule has 3 rings (SSSR count). The minimum Gasteiger partial charge on any atom is -0.445 e. The van der Waals surface area contributed by atoms with Gasteiger partial charge in [-0.25, -0.2) is 4.79 Å². The maximum absolute atomic E-state index is 12.4. The first kappa shape index (κ1) is 15.6. The molecule has 1 amide bonds. The number of amides is 1. The monoisotopic (exact) mass is 311 g/mol. The van der Waals surface area contributed by atoms with Gasteiger partial charge in [-0.2, -0.15) is 0 Å². The van der Waals surface area contributed by atoms with Crippen LogP contribution in [0.1, 0.15) is 30.1 Å². The number of carbonyl (C=O) groups excluding carboxylic acids is 1. The zero-order chi connectivity index (χ0) is 16.1. The van der Waals surface area contributed by atoms with E-state index in [9.17, 15) is 9.90 Å². The topological polar surface area (TPSA) is 49.8 Å². The van der Waals surface area contributed by atoms with Crippen molar-refractivity contribution in [3.05, 3.63) is 71.8 Å². The molecule has 1 fully saturated rings. The van der Waals surface area contributed by atoms with Crippen LogP contribution in [-0.2, 0) is 11.3 Å². The molecular weight excluding hydrogens is 290 g/mol. The number of rotatable bonds is 4. The fourth-order valence-electron chi connectivity index (χ4n) is 3.02. The second kappa shape index (κ2) is 7.29. The molecule has 0 spiro atoms. The lowest BCUT2D eigenvalue weighted by molar-refractivity contribution is 0.0478. The van der Waals surface area contributed by atoms with E-state index in [2.05, 4.69) is 0 Å². The van der Waals surface area contributed by atoms with Crippen molar-refractivity contribution in [2.75, 3.05) is 6.54 Å². The third kappa shape index (κ3) is 3.71. The summed E-state index contributed by atoms with van der Waals surface area (Å²) in [6.07, 6.45) is 0.639. The molecule has 4 heteroatoms. The number of nitrogens with zero attached hydrogens (tertiary/aromatic N) is 1. The van der Waals surface area contributed by atoms with Crippen LogP contribution in [0.4, 0.5) is 4.79 Å². The first-order chi connectivity index (χ1) is 11.3. The van der Waals surface area contributed by atoms with Crippen molar-refractivity contribution in [1.82, 2.24) is 4.90 Å². The second-order valence-electron chi connectivity index (χ2n) is 5.80. The standard InChI is InChI=1S/C19H21NO3/c21-18(16-10-5-2-6-11-16)17-12-7-13-20(17)19(22)23-14-15-8-3-1-4-9-15/h1-6,8-11,17-18,21H,7,12-14H2/t17-,18+/m1/s1. The van der Waals surface area contributed by atoms with Crippen LogP contribution in [0.3, 0.4) is 0 Å². The first-order valence-corrected chi connectivity index (χ1v) is 7.96. The summed E-state index contributed by atoms with van der Waals surface area (Å²) in [6.45, 7) is 0.881. The molecule has 0 unspecified atom stereocenters. The summed E-state index contributed by atoms with van der Waals surface area (Å²) < 4.78 is 5.40. The summed E-state index contributed by atoms with van der Waals surface area (Å²) in [5.74, 6) is 0. The number of hydrogen-bond acceptors (Lipinski definition) is 3. The van der Waals surface area contributed by atoms with E-state index >= 15 is 0 Å². The highest BCUT2D eigenvalue weighted by atomic mass is 16.6. The van der Waals surface area contributed by atoms with E-state index in [4.69, 9.17) is 4.74 Å². The fourth-order valence-corrected chi connectivity index (χ4v) is 3.02. The van der Waals surface area contributed by atoms with Gasteiger partial charge in [-0.05, 0) is 24.0 Å². The summed E-state index contributed by atoms with van der Waals surface area (Å²) in [5.41, 5.74) is 1.79. The molecular formula is C19H21NO3. The molecule has 1 aliphatic rings. The van der Waals surface area contributed by atoms with Gasteiger partial charge >= 0.3 is 6.09 Å². The van der Waals surface area contributed by atoms with Gasteiger partial charge < -0.3 is 14.7 Å². The lowest BCUT2D eigenvalue weighted by Gasteiger charge is -2.28. The van der Waals surface area contributed by atoms with Gasteiger partial charge in [0.1, 0.15) is 6.61 Å². The zero-order valence-electron chi connectivity index (χ0n) is 13.0. The van der Waals surface area contributed by atoms with E-state index in [1.807, 2.05) is 60.7 Å². The smallest absolute Gasteiger partial charge is 0.410 e. The van der Waals surface area contributed by atoms with Crippen molar-refractivity contribution in [2.45, 2.75) is 31.6 Å². The van der Waals surface area contributed by atoms with Gasteiger partial charge in [-0.15, -0.1) is 0 Å². The molecule has 0 bridgehead atoms. The Balaban J connectivity index is 1.63. The minimum atomic E-state index is -0.678. The minimum absolute atomic E-state index is 0.222. The van der Waals surface area contributed by atoms with Crippen molar-refractivity contribution in [3.8, 4) is 0 Å². The molecule has 2 aromatic rings. The van der Waals surface area contributed by atoms with Crippen LogP contribution in [0.25, 0.3) is 0 Å².